The van der Waals surface area contributed by atoms with Crippen molar-refractivity contribution in [2.45, 2.75) is 20.5 Å². The third-order valence-corrected chi connectivity index (χ3v) is 6.85. The van der Waals surface area contributed by atoms with Crippen molar-refractivity contribution in [1.29, 1.82) is 0 Å². The van der Waals surface area contributed by atoms with Crippen molar-refractivity contribution < 1.29 is 13.2 Å². The number of hydrogen-bond acceptors (Lipinski definition) is 3. The first-order chi connectivity index (χ1) is 11.2. The lowest BCUT2D eigenvalue weighted by Gasteiger charge is -2.08. The fraction of sp³-hybridized carbons (Fsp3) is 0.188. The van der Waals surface area contributed by atoms with Crippen molar-refractivity contribution in [2.24, 2.45) is 5.92 Å². The van der Waals surface area contributed by atoms with Gasteiger partial charge in [0.25, 0.3) is 0 Å². The molecule has 8 heteroatoms. The number of anilines is 1. The van der Waals surface area contributed by atoms with Crippen LogP contribution in [0, 0.1) is 5.92 Å². The van der Waals surface area contributed by atoms with E-state index in [1.165, 1.54) is 36.4 Å². The van der Waals surface area contributed by atoms with Gasteiger partial charge in [0.05, 0.1) is 15.7 Å². The van der Waals surface area contributed by atoms with Crippen molar-refractivity contribution in [3.63, 3.8) is 0 Å². The zero-order valence-electron chi connectivity index (χ0n) is 12.2. The van der Waals surface area contributed by atoms with Gasteiger partial charge in [-0.15, -0.1) is 23.2 Å². The summed E-state index contributed by atoms with van der Waals surface area (Å²) in [5, 5.41) is 2.68. The van der Waals surface area contributed by atoms with Crippen LogP contribution in [0.3, 0.4) is 0 Å². The lowest BCUT2D eigenvalue weighted by molar-refractivity contribution is -0.117. The van der Waals surface area contributed by atoms with E-state index in [-0.39, 0.29) is 15.7 Å². The molecule has 1 amide bonds. The zero-order valence-corrected chi connectivity index (χ0v) is 16.1. The predicted octanol–water partition coefficient (Wildman–Crippen LogP) is 4.41. The molecule has 2 aromatic rings. The predicted molar refractivity (Wildman–Crippen MR) is 97.2 cm³/mol. The average molecular weight is 449 g/mol. The van der Waals surface area contributed by atoms with Crippen molar-refractivity contribution in [1.82, 2.24) is 0 Å². The number of nitrogens with one attached hydrogen (secondary N) is 1. The van der Waals surface area contributed by atoms with E-state index >= 15 is 0 Å². The number of rotatable bonds is 4. The number of carbonyl (C=O) groups is 1. The molecule has 1 N–H and O–H groups in total. The van der Waals surface area contributed by atoms with Crippen LogP contribution in [-0.2, 0) is 14.6 Å². The second-order valence-corrected chi connectivity index (χ2v) is 9.90. The van der Waals surface area contributed by atoms with Crippen LogP contribution in [0.2, 0.25) is 0 Å². The minimum atomic E-state index is -3.60. The molecule has 0 bridgehead atoms. The number of amides is 1. The average Bonchev–Trinajstić information content (AvgIpc) is 3.17. The van der Waals surface area contributed by atoms with Crippen LogP contribution in [-0.4, -0.2) is 18.7 Å². The first-order valence-corrected chi connectivity index (χ1v) is 10.0. The fourth-order valence-corrected chi connectivity index (χ4v) is 4.23. The number of carbonyl (C=O) groups excluding carboxylic acids is 1. The summed E-state index contributed by atoms with van der Waals surface area (Å²) in [6.45, 7) is 0. The number of hydrogen-bond donors (Lipinski definition) is 1. The maximum absolute atomic E-state index is 12.5. The van der Waals surface area contributed by atoms with Crippen LogP contribution >= 0.6 is 39.1 Å². The normalized spacial score (nSPS) is 18.9. The van der Waals surface area contributed by atoms with E-state index < -0.39 is 20.1 Å². The smallest absolute Gasteiger partial charge is 0.230 e. The Labute approximate surface area is 158 Å². The zero-order chi connectivity index (χ0) is 17.5. The van der Waals surface area contributed by atoms with Crippen molar-refractivity contribution in [3.05, 3.63) is 53.0 Å². The highest BCUT2D eigenvalue weighted by Crippen LogP contribution is 2.53. The second-order valence-electron chi connectivity index (χ2n) is 5.49. The van der Waals surface area contributed by atoms with Crippen molar-refractivity contribution in [2.75, 3.05) is 5.32 Å². The lowest BCUT2D eigenvalue weighted by atomic mass is 10.3. The Morgan fingerprint density at radius 2 is 1.50 bits per heavy atom. The number of halogens is 3. The van der Waals surface area contributed by atoms with Gasteiger partial charge in [-0.05, 0) is 55.0 Å². The van der Waals surface area contributed by atoms with Crippen LogP contribution in [0.15, 0.2) is 62.8 Å². The fourth-order valence-electron chi connectivity index (χ4n) is 2.19. The van der Waals surface area contributed by atoms with E-state index in [4.69, 9.17) is 23.2 Å². The van der Waals surface area contributed by atoms with Gasteiger partial charge in [-0.2, -0.15) is 0 Å². The molecule has 0 radical (unpaired) electrons. The van der Waals surface area contributed by atoms with Crippen LogP contribution < -0.4 is 5.32 Å². The van der Waals surface area contributed by atoms with E-state index in [9.17, 15) is 13.2 Å². The Hall–Kier alpha value is -1.08. The molecule has 1 fully saturated rings. The molecule has 1 aliphatic rings. The number of sulfone groups is 1. The summed E-state index contributed by atoms with van der Waals surface area (Å²) < 4.78 is 24.9. The summed E-state index contributed by atoms with van der Waals surface area (Å²) in [7, 11) is -3.60. The van der Waals surface area contributed by atoms with Crippen LogP contribution in [0.1, 0.15) is 6.42 Å². The topological polar surface area (TPSA) is 63.2 Å². The van der Waals surface area contributed by atoms with E-state index in [2.05, 4.69) is 21.2 Å². The summed E-state index contributed by atoms with van der Waals surface area (Å²) in [5.74, 6) is -0.712. The molecule has 0 heterocycles. The first-order valence-electron chi connectivity index (χ1n) is 6.99. The largest absolute Gasteiger partial charge is 0.326 e. The van der Waals surface area contributed by atoms with E-state index in [1.54, 1.807) is 12.1 Å². The SMILES string of the molecule is O=C(Nc1ccc(S(=O)(=O)c2ccc(Br)cc2)cc1)C1CC1(Cl)Cl. The van der Waals surface area contributed by atoms with Gasteiger partial charge in [-0.1, -0.05) is 15.9 Å². The summed E-state index contributed by atoms with van der Waals surface area (Å²) in [6.07, 6.45) is 0.415. The lowest BCUT2D eigenvalue weighted by Crippen LogP contribution is -2.16. The Bertz CT molecular complexity index is 881. The minimum Gasteiger partial charge on any atom is -0.326 e. The Kier molecular flexibility index (Phi) is 4.68. The molecule has 4 nitrogen and oxygen atoms in total. The Morgan fingerprint density at radius 1 is 1.04 bits per heavy atom. The molecule has 3 rings (SSSR count). The molecule has 1 aliphatic carbocycles. The van der Waals surface area contributed by atoms with E-state index in [0.717, 1.165) is 4.47 Å². The molecule has 1 atom stereocenters. The van der Waals surface area contributed by atoms with Gasteiger partial charge in [-0.3, -0.25) is 4.79 Å². The van der Waals surface area contributed by atoms with Crippen molar-refractivity contribution >= 4 is 60.6 Å². The number of benzene rings is 2. The van der Waals surface area contributed by atoms with Gasteiger partial charge < -0.3 is 5.32 Å². The van der Waals surface area contributed by atoms with Gasteiger partial charge in [0.15, 0.2) is 0 Å². The highest BCUT2D eigenvalue weighted by Gasteiger charge is 2.56. The van der Waals surface area contributed by atoms with Crippen LogP contribution in [0.5, 0.6) is 0 Å². The maximum atomic E-state index is 12.5. The summed E-state index contributed by atoms with van der Waals surface area (Å²) in [5.41, 5.74) is 0.491. The third-order valence-electron chi connectivity index (χ3n) is 3.70. The molecule has 2 aromatic carbocycles. The van der Waals surface area contributed by atoms with Gasteiger partial charge in [0, 0.05) is 10.2 Å². The highest BCUT2D eigenvalue weighted by atomic mass is 79.9. The molecule has 1 unspecified atom stereocenters. The molecule has 0 saturated heterocycles. The van der Waals surface area contributed by atoms with Gasteiger partial charge in [0.1, 0.15) is 4.33 Å². The quantitative estimate of drug-likeness (QED) is 0.704. The molecule has 0 aromatic heterocycles. The summed E-state index contributed by atoms with van der Waals surface area (Å²) >= 11 is 15.0. The highest BCUT2D eigenvalue weighted by molar-refractivity contribution is 9.10. The summed E-state index contributed by atoms with van der Waals surface area (Å²) in [4.78, 5) is 12.3. The molecular weight excluding hydrogens is 437 g/mol. The first kappa shape index (κ1) is 17.7. The number of alkyl halides is 2. The van der Waals surface area contributed by atoms with Crippen molar-refractivity contribution in [3.8, 4) is 0 Å². The monoisotopic (exact) mass is 447 g/mol. The standard InChI is InChI=1S/C16H12BrCl2NO3S/c17-10-1-5-12(6-2-10)24(22,23)13-7-3-11(4-8-13)20-15(21)14-9-16(14,18)19/h1-8,14H,9H2,(H,20,21). The third kappa shape index (κ3) is 3.61. The van der Waals surface area contributed by atoms with Gasteiger partial charge in [-0.25, -0.2) is 8.42 Å². The Balaban J connectivity index is 1.77. The molecule has 1 saturated carbocycles. The Morgan fingerprint density at radius 3 is 1.96 bits per heavy atom. The molecule has 0 aliphatic heterocycles. The summed E-state index contributed by atoms with van der Waals surface area (Å²) in [6, 6.07) is 12.4. The van der Waals surface area contributed by atoms with Crippen LogP contribution in [0.25, 0.3) is 0 Å². The maximum Gasteiger partial charge on any atom is 0.230 e. The van der Waals surface area contributed by atoms with Gasteiger partial charge >= 0.3 is 0 Å². The van der Waals surface area contributed by atoms with E-state index in [0.29, 0.717) is 12.1 Å². The molecule has 0 spiro atoms. The van der Waals surface area contributed by atoms with Crippen LogP contribution in [0.4, 0.5) is 5.69 Å². The van der Waals surface area contributed by atoms with Gasteiger partial charge in [0.2, 0.25) is 15.7 Å². The molecular formula is C16H12BrCl2NO3S. The molecule has 24 heavy (non-hydrogen) atoms. The second kappa shape index (κ2) is 6.33. The molecule has 126 valence electrons. The van der Waals surface area contributed by atoms with E-state index in [1.807, 2.05) is 0 Å². The minimum absolute atomic E-state index is 0.151.